The Bertz CT molecular complexity index is 712. The lowest BCUT2D eigenvalue weighted by molar-refractivity contribution is 0.112. The van der Waals surface area contributed by atoms with Crippen LogP contribution in [0.5, 0.6) is 11.5 Å². The van der Waals surface area contributed by atoms with Crippen LogP contribution in [0.2, 0.25) is 0 Å². The van der Waals surface area contributed by atoms with Crippen LogP contribution in [0.4, 0.5) is 0 Å². The van der Waals surface area contributed by atoms with E-state index in [1.54, 1.807) is 19.2 Å². The number of aldehydes is 1. The molecule has 0 spiro atoms. The number of hydrogen-bond acceptors (Lipinski definition) is 3. The summed E-state index contributed by atoms with van der Waals surface area (Å²) in [6, 6.07) is 11.3. The Morgan fingerprint density at radius 3 is 2.61 bits per heavy atom. The molecule has 0 fully saturated rings. The summed E-state index contributed by atoms with van der Waals surface area (Å²) in [4.78, 5) is 11.4. The molecule has 122 valence electrons. The summed E-state index contributed by atoms with van der Waals surface area (Å²) in [6.45, 7) is 6.20. The highest BCUT2D eigenvalue weighted by Crippen LogP contribution is 2.48. The second-order valence-corrected chi connectivity index (χ2v) is 7.79. The lowest BCUT2D eigenvalue weighted by Crippen LogP contribution is -2.20. The molecular formula is C19H23O3P. The normalized spacial score (nSPS) is 13.9. The number of ether oxygens (including phenoxy) is 1. The van der Waals surface area contributed by atoms with Crippen molar-refractivity contribution in [3.63, 3.8) is 0 Å². The maximum atomic E-state index is 11.4. The number of phenolic OH excluding ortho intramolecular Hbond substituents is 1. The molecule has 0 heterocycles. The third kappa shape index (κ3) is 3.73. The molecule has 0 aromatic heterocycles. The third-order valence-electron chi connectivity index (χ3n) is 4.25. The summed E-state index contributed by atoms with van der Waals surface area (Å²) >= 11 is 0. The number of carbonyl (C=O) groups excluding carboxylic acids is 1. The van der Waals surface area contributed by atoms with E-state index in [9.17, 15) is 9.90 Å². The quantitative estimate of drug-likeness (QED) is 0.639. The zero-order chi connectivity index (χ0) is 17.0. The van der Waals surface area contributed by atoms with Crippen LogP contribution in [0.15, 0.2) is 36.4 Å². The summed E-state index contributed by atoms with van der Waals surface area (Å²) in [5, 5.41) is 11.1. The van der Waals surface area contributed by atoms with Crippen molar-refractivity contribution in [1.29, 1.82) is 0 Å². The second-order valence-electron chi connectivity index (χ2n) is 5.90. The summed E-state index contributed by atoms with van der Waals surface area (Å²) in [5.41, 5.74) is 2.66. The molecule has 2 aromatic rings. The van der Waals surface area contributed by atoms with Crippen LogP contribution >= 0.6 is 8.58 Å². The molecule has 2 atom stereocenters. The van der Waals surface area contributed by atoms with E-state index in [1.165, 1.54) is 0 Å². The summed E-state index contributed by atoms with van der Waals surface area (Å²) in [7, 11) is 1.99. The second kappa shape index (κ2) is 7.14. The predicted octanol–water partition coefficient (Wildman–Crippen LogP) is 4.15. The van der Waals surface area contributed by atoms with Crippen molar-refractivity contribution in [3.8, 4) is 11.5 Å². The van der Waals surface area contributed by atoms with Gasteiger partial charge >= 0.3 is 0 Å². The van der Waals surface area contributed by atoms with Gasteiger partial charge in [-0.1, -0.05) is 40.1 Å². The molecule has 0 aliphatic heterocycles. The van der Waals surface area contributed by atoms with Crippen molar-refractivity contribution in [2.45, 2.75) is 32.3 Å². The number of aromatic hydroxyl groups is 1. The van der Waals surface area contributed by atoms with Gasteiger partial charge in [0.05, 0.1) is 7.11 Å². The molecular weight excluding hydrogens is 307 g/mol. The smallest absolute Gasteiger partial charge is 0.150 e. The van der Waals surface area contributed by atoms with Gasteiger partial charge in [-0.3, -0.25) is 4.79 Å². The van der Waals surface area contributed by atoms with Crippen LogP contribution in [0.3, 0.4) is 0 Å². The van der Waals surface area contributed by atoms with Crippen molar-refractivity contribution in [2.75, 3.05) is 7.11 Å². The highest BCUT2D eigenvalue weighted by molar-refractivity contribution is 7.48. The van der Waals surface area contributed by atoms with Gasteiger partial charge in [-0.2, -0.15) is 0 Å². The van der Waals surface area contributed by atoms with Crippen molar-refractivity contribution in [2.24, 2.45) is 0 Å². The van der Waals surface area contributed by atoms with Gasteiger partial charge in [-0.15, -0.1) is 0 Å². The summed E-state index contributed by atoms with van der Waals surface area (Å²) in [5.74, 6) is 0.990. The Labute approximate surface area is 139 Å². The Balaban J connectivity index is 2.48. The Morgan fingerprint density at radius 1 is 1.26 bits per heavy atom. The Hall–Kier alpha value is -1.86. The molecule has 0 bridgehead atoms. The van der Waals surface area contributed by atoms with E-state index in [1.807, 2.05) is 31.2 Å². The fourth-order valence-electron chi connectivity index (χ4n) is 2.62. The van der Waals surface area contributed by atoms with Crippen LogP contribution in [0.1, 0.15) is 41.8 Å². The topological polar surface area (TPSA) is 46.5 Å². The molecule has 2 rings (SSSR count). The maximum Gasteiger partial charge on any atom is 0.150 e. The van der Waals surface area contributed by atoms with Crippen LogP contribution in [0.25, 0.3) is 0 Å². The first kappa shape index (κ1) is 17.5. The lowest BCUT2D eigenvalue weighted by atomic mass is 9.96. The van der Waals surface area contributed by atoms with Gasteiger partial charge in [-0.05, 0) is 42.9 Å². The van der Waals surface area contributed by atoms with Gasteiger partial charge in [0.25, 0.3) is 0 Å². The van der Waals surface area contributed by atoms with Crippen LogP contribution in [-0.4, -0.2) is 18.5 Å². The average molecular weight is 330 g/mol. The van der Waals surface area contributed by atoms with Gasteiger partial charge in [0, 0.05) is 16.3 Å². The van der Waals surface area contributed by atoms with Crippen molar-refractivity contribution < 1.29 is 14.6 Å². The largest absolute Gasteiger partial charge is 0.508 e. The minimum atomic E-state index is -0.258. The lowest BCUT2D eigenvalue weighted by Gasteiger charge is -2.30. The van der Waals surface area contributed by atoms with Crippen molar-refractivity contribution >= 4 is 20.2 Å². The third-order valence-corrected chi connectivity index (χ3v) is 6.15. The van der Waals surface area contributed by atoms with Gasteiger partial charge in [-0.25, -0.2) is 0 Å². The molecule has 4 heteroatoms. The van der Waals surface area contributed by atoms with Crippen molar-refractivity contribution in [3.05, 3.63) is 53.1 Å². The van der Waals surface area contributed by atoms with E-state index in [0.717, 1.165) is 40.5 Å². The molecule has 2 unspecified atom stereocenters. The standard InChI is InChI=1S/C19H23O3P/c1-5-19(3,16-11-15(22-4)7-8-17(16)21)23-18-9-6-13(2)10-14(18)12-20/h6-12,21,23H,5H2,1-4H3. The van der Waals surface area contributed by atoms with Gasteiger partial charge in [0.2, 0.25) is 0 Å². The minimum Gasteiger partial charge on any atom is -0.508 e. The van der Waals surface area contributed by atoms with Crippen LogP contribution in [0, 0.1) is 6.92 Å². The van der Waals surface area contributed by atoms with E-state index in [0.29, 0.717) is 8.58 Å². The number of aryl methyl sites for hydroxylation is 1. The first-order chi connectivity index (χ1) is 10.9. The van der Waals surface area contributed by atoms with Crippen molar-refractivity contribution in [1.82, 2.24) is 0 Å². The van der Waals surface area contributed by atoms with E-state index < -0.39 is 0 Å². The van der Waals surface area contributed by atoms with E-state index in [2.05, 4.69) is 13.8 Å². The Morgan fingerprint density at radius 2 is 2.00 bits per heavy atom. The SMILES string of the molecule is CCC(C)(Pc1ccc(C)cc1C=O)c1cc(OC)ccc1O. The zero-order valence-electron chi connectivity index (χ0n) is 14.0. The monoisotopic (exact) mass is 330 g/mol. The first-order valence-electron chi connectivity index (χ1n) is 7.65. The molecule has 0 saturated carbocycles. The van der Waals surface area contributed by atoms with Gasteiger partial charge < -0.3 is 9.84 Å². The minimum absolute atomic E-state index is 0.258. The highest BCUT2D eigenvalue weighted by atomic mass is 31.1. The highest BCUT2D eigenvalue weighted by Gasteiger charge is 2.29. The van der Waals surface area contributed by atoms with E-state index in [-0.39, 0.29) is 10.9 Å². The molecule has 0 amide bonds. The molecule has 0 radical (unpaired) electrons. The van der Waals surface area contributed by atoms with Gasteiger partial charge in [0.15, 0.2) is 6.29 Å². The fraction of sp³-hybridized carbons (Fsp3) is 0.316. The Kier molecular flexibility index (Phi) is 5.43. The molecule has 2 aromatic carbocycles. The number of methoxy groups -OCH3 is 1. The summed E-state index contributed by atoms with van der Waals surface area (Å²) < 4.78 is 5.30. The number of carbonyl (C=O) groups is 1. The average Bonchev–Trinajstić information content (AvgIpc) is 2.56. The zero-order valence-corrected chi connectivity index (χ0v) is 15.0. The van der Waals surface area contributed by atoms with Gasteiger partial charge in [0.1, 0.15) is 11.5 Å². The molecule has 0 aliphatic rings. The molecule has 23 heavy (non-hydrogen) atoms. The predicted molar refractivity (Wildman–Crippen MR) is 96.8 cm³/mol. The molecule has 0 aliphatic carbocycles. The molecule has 0 saturated heterocycles. The number of hydrogen-bond donors (Lipinski definition) is 1. The van der Waals surface area contributed by atoms with E-state index in [4.69, 9.17) is 4.74 Å². The summed E-state index contributed by atoms with van der Waals surface area (Å²) in [6.07, 6.45) is 1.76. The van der Waals surface area contributed by atoms with E-state index >= 15 is 0 Å². The number of benzene rings is 2. The number of phenols is 1. The van der Waals surface area contributed by atoms with Crippen LogP contribution < -0.4 is 10.0 Å². The maximum absolute atomic E-state index is 11.4. The molecule has 1 N–H and O–H groups in total. The fourth-order valence-corrected chi connectivity index (χ4v) is 4.17. The first-order valence-corrected chi connectivity index (χ1v) is 8.65. The number of rotatable bonds is 6. The van der Waals surface area contributed by atoms with Crippen LogP contribution in [-0.2, 0) is 5.16 Å². The molecule has 3 nitrogen and oxygen atoms in total.